The van der Waals surface area contributed by atoms with Gasteiger partial charge in [-0.25, -0.2) is 15.0 Å². The van der Waals surface area contributed by atoms with E-state index in [1.165, 1.54) is 0 Å². The Hall–Kier alpha value is -3.07. The third-order valence-corrected chi connectivity index (χ3v) is 5.17. The quantitative estimate of drug-likeness (QED) is 0.379. The molecule has 1 aliphatic carbocycles. The maximum absolute atomic E-state index is 12.9. The number of pyridine rings is 1. The molecule has 0 unspecified atom stereocenters. The predicted octanol–water partition coefficient (Wildman–Crippen LogP) is 2.03. The Morgan fingerprint density at radius 3 is 2.71 bits per heavy atom. The lowest BCUT2D eigenvalue weighted by Gasteiger charge is -2.38. The molecular weight excluding hydrogens is 360 g/mol. The van der Waals surface area contributed by atoms with Gasteiger partial charge in [-0.1, -0.05) is 13.0 Å². The second kappa shape index (κ2) is 8.75. The number of hydrogen-bond donors (Lipinski definition) is 3. The third kappa shape index (κ3) is 4.61. The van der Waals surface area contributed by atoms with Crippen molar-refractivity contribution < 1.29 is 14.8 Å². The van der Waals surface area contributed by atoms with E-state index in [0.717, 1.165) is 12.8 Å². The van der Waals surface area contributed by atoms with Crippen molar-refractivity contribution in [2.75, 3.05) is 12.0 Å². The summed E-state index contributed by atoms with van der Waals surface area (Å²) in [5, 5.41) is 10.2. The zero-order valence-corrected chi connectivity index (χ0v) is 15.7. The average Bonchev–Trinajstić information content (AvgIpc) is 2.74. The molecule has 0 aromatic carbocycles. The smallest absolute Gasteiger partial charge is 0.246 e. The minimum Gasteiger partial charge on any atom is -0.286 e. The molecule has 3 N–H and O–H groups in total. The Kier molecular flexibility index (Phi) is 6.15. The largest absolute Gasteiger partial charge is 0.286 e. The van der Waals surface area contributed by atoms with E-state index in [2.05, 4.69) is 32.7 Å². The van der Waals surface area contributed by atoms with Gasteiger partial charge >= 0.3 is 0 Å². The SMILES string of the molecule is CC1CCC(CN(O)C=O)(C(=O)NNc2nccc(-c3ccccn3)n2)CC1. The summed E-state index contributed by atoms with van der Waals surface area (Å²) >= 11 is 0. The molecule has 0 bridgehead atoms. The lowest BCUT2D eigenvalue weighted by Crippen LogP contribution is -2.51. The van der Waals surface area contributed by atoms with E-state index in [1.54, 1.807) is 18.5 Å². The zero-order valence-electron chi connectivity index (χ0n) is 15.7. The van der Waals surface area contributed by atoms with Crippen molar-refractivity contribution in [1.82, 2.24) is 25.4 Å². The number of nitrogens with one attached hydrogen (secondary N) is 2. The van der Waals surface area contributed by atoms with E-state index in [-0.39, 0.29) is 18.4 Å². The molecule has 2 aromatic heterocycles. The standard InChI is InChI=1S/C19H24N6O3/c1-14-5-8-19(9-6-14,12-25(28)13-26)17(27)23-24-18-21-11-7-16(22-18)15-4-2-3-10-20-15/h2-4,7,10-11,13-14,28H,5-6,8-9,12H2,1H3,(H,23,27)(H,21,22,24). The molecule has 9 heteroatoms. The minimum absolute atomic E-state index is 0.0500. The van der Waals surface area contributed by atoms with Crippen molar-refractivity contribution in [2.24, 2.45) is 11.3 Å². The van der Waals surface area contributed by atoms with Gasteiger partial charge in [0, 0.05) is 12.4 Å². The summed E-state index contributed by atoms with van der Waals surface area (Å²) in [5.74, 6) is 0.440. The van der Waals surface area contributed by atoms with Crippen molar-refractivity contribution >= 4 is 18.3 Å². The van der Waals surface area contributed by atoms with Crippen LogP contribution in [0, 0.1) is 11.3 Å². The van der Waals surface area contributed by atoms with Crippen molar-refractivity contribution in [2.45, 2.75) is 32.6 Å². The summed E-state index contributed by atoms with van der Waals surface area (Å²) in [6, 6.07) is 7.24. The number of hydroxylamine groups is 2. The van der Waals surface area contributed by atoms with E-state index in [1.807, 2.05) is 18.2 Å². The molecule has 0 spiro atoms. The summed E-state index contributed by atoms with van der Waals surface area (Å²) in [5.41, 5.74) is 5.85. The summed E-state index contributed by atoms with van der Waals surface area (Å²) in [6.45, 7) is 2.08. The number of hydrogen-bond acceptors (Lipinski definition) is 7. The molecule has 1 aliphatic rings. The highest BCUT2D eigenvalue weighted by molar-refractivity contribution is 5.84. The Labute approximate surface area is 163 Å². The highest BCUT2D eigenvalue weighted by atomic mass is 16.5. The molecule has 0 atom stereocenters. The fourth-order valence-electron chi connectivity index (χ4n) is 3.44. The fourth-order valence-corrected chi connectivity index (χ4v) is 3.44. The second-order valence-corrected chi connectivity index (χ2v) is 7.23. The molecule has 3 rings (SSSR count). The molecule has 0 saturated heterocycles. The maximum Gasteiger partial charge on any atom is 0.246 e. The van der Waals surface area contributed by atoms with Crippen LogP contribution in [-0.4, -0.2) is 44.1 Å². The van der Waals surface area contributed by atoms with Gasteiger partial charge in [-0.05, 0) is 49.8 Å². The number of aromatic nitrogens is 3. The number of carbonyl (C=O) groups is 2. The number of anilines is 1. The molecule has 2 amide bonds. The van der Waals surface area contributed by atoms with Crippen LogP contribution in [0.2, 0.25) is 0 Å². The average molecular weight is 384 g/mol. The van der Waals surface area contributed by atoms with Crippen LogP contribution in [0.3, 0.4) is 0 Å². The first-order chi connectivity index (χ1) is 13.5. The van der Waals surface area contributed by atoms with E-state index < -0.39 is 5.41 Å². The monoisotopic (exact) mass is 384 g/mol. The maximum atomic E-state index is 12.9. The summed E-state index contributed by atoms with van der Waals surface area (Å²) in [4.78, 5) is 36.5. The van der Waals surface area contributed by atoms with E-state index in [9.17, 15) is 14.8 Å². The Morgan fingerprint density at radius 2 is 2.04 bits per heavy atom. The van der Waals surface area contributed by atoms with Crippen LogP contribution in [0.15, 0.2) is 36.7 Å². The van der Waals surface area contributed by atoms with Crippen LogP contribution in [-0.2, 0) is 9.59 Å². The molecule has 9 nitrogen and oxygen atoms in total. The van der Waals surface area contributed by atoms with Crippen LogP contribution in [0.25, 0.3) is 11.4 Å². The molecule has 0 radical (unpaired) electrons. The predicted molar refractivity (Wildman–Crippen MR) is 102 cm³/mol. The molecule has 28 heavy (non-hydrogen) atoms. The van der Waals surface area contributed by atoms with Gasteiger partial charge in [0.25, 0.3) is 0 Å². The number of nitrogens with zero attached hydrogens (tertiary/aromatic N) is 4. The number of rotatable bonds is 7. The van der Waals surface area contributed by atoms with Gasteiger partial charge in [-0.3, -0.25) is 30.6 Å². The first-order valence-electron chi connectivity index (χ1n) is 9.24. The topological polar surface area (TPSA) is 120 Å². The van der Waals surface area contributed by atoms with Crippen molar-refractivity contribution in [1.29, 1.82) is 0 Å². The molecule has 1 fully saturated rings. The second-order valence-electron chi connectivity index (χ2n) is 7.23. The van der Waals surface area contributed by atoms with Gasteiger partial charge in [-0.15, -0.1) is 0 Å². The van der Waals surface area contributed by atoms with Crippen molar-refractivity contribution in [3.8, 4) is 11.4 Å². The van der Waals surface area contributed by atoms with E-state index in [0.29, 0.717) is 41.6 Å². The first-order valence-corrected chi connectivity index (χ1v) is 9.24. The van der Waals surface area contributed by atoms with Crippen LogP contribution >= 0.6 is 0 Å². The molecule has 0 aliphatic heterocycles. The highest BCUT2D eigenvalue weighted by Crippen LogP contribution is 2.39. The molecule has 148 valence electrons. The van der Waals surface area contributed by atoms with Gasteiger partial charge in [0.05, 0.1) is 23.3 Å². The number of hydrazine groups is 1. The molecule has 1 saturated carbocycles. The van der Waals surface area contributed by atoms with E-state index in [4.69, 9.17) is 0 Å². The summed E-state index contributed by atoms with van der Waals surface area (Å²) in [6.07, 6.45) is 6.44. The lowest BCUT2D eigenvalue weighted by atomic mass is 9.70. The molecule has 2 heterocycles. The Balaban J connectivity index is 1.70. The normalized spacial score (nSPS) is 21.6. The van der Waals surface area contributed by atoms with Crippen LogP contribution in [0.4, 0.5) is 5.95 Å². The summed E-state index contributed by atoms with van der Waals surface area (Å²) in [7, 11) is 0. The van der Waals surface area contributed by atoms with Gasteiger partial charge < -0.3 is 0 Å². The Bertz CT molecular complexity index is 808. The fraction of sp³-hybridized carbons (Fsp3) is 0.421. The highest BCUT2D eigenvalue weighted by Gasteiger charge is 2.42. The molecular formula is C19H24N6O3. The number of carbonyl (C=O) groups excluding carboxylic acids is 2. The number of amides is 2. The Morgan fingerprint density at radius 1 is 1.25 bits per heavy atom. The van der Waals surface area contributed by atoms with Gasteiger partial charge in [0.1, 0.15) is 0 Å². The van der Waals surface area contributed by atoms with Crippen LogP contribution < -0.4 is 10.9 Å². The van der Waals surface area contributed by atoms with Crippen LogP contribution in [0.5, 0.6) is 0 Å². The van der Waals surface area contributed by atoms with E-state index >= 15 is 0 Å². The summed E-state index contributed by atoms with van der Waals surface area (Å²) < 4.78 is 0. The third-order valence-electron chi connectivity index (χ3n) is 5.17. The molecule has 2 aromatic rings. The zero-order chi connectivity index (χ0) is 20.0. The van der Waals surface area contributed by atoms with Gasteiger partial charge in [0.15, 0.2) is 0 Å². The minimum atomic E-state index is -0.853. The van der Waals surface area contributed by atoms with Crippen molar-refractivity contribution in [3.05, 3.63) is 36.7 Å². The van der Waals surface area contributed by atoms with Crippen molar-refractivity contribution in [3.63, 3.8) is 0 Å². The first kappa shape index (κ1) is 19.7. The van der Waals surface area contributed by atoms with Gasteiger partial charge in [0.2, 0.25) is 18.3 Å². The lowest BCUT2D eigenvalue weighted by molar-refractivity contribution is -0.163. The van der Waals surface area contributed by atoms with Gasteiger partial charge in [-0.2, -0.15) is 0 Å². The van der Waals surface area contributed by atoms with Crippen LogP contribution in [0.1, 0.15) is 32.6 Å².